The molecule has 0 aliphatic rings. The normalized spacial score (nSPS) is 12.0. The molecule has 0 spiro atoms. The van der Waals surface area contributed by atoms with Gasteiger partial charge in [-0.15, -0.1) is 0 Å². The average molecular weight is 1260 g/mol. The molecule has 91 heavy (non-hydrogen) atoms. The zero-order valence-corrected chi connectivity index (χ0v) is 51.9. The molecule has 0 radical (unpaired) electrons. The summed E-state index contributed by atoms with van der Waals surface area (Å²) in [5.74, 6) is 1.09. The first-order valence-electron chi connectivity index (χ1n) is 29.5. The summed E-state index contributed by atoms with van der Waals surface area (Å²) < 4.78 is 39.9. The highest BCUT2D eigenvalue weighted by molar-refractivity contribution is 6.85. The van der Waals surface area contributed by atoms with Gasteiger partial charge in [-0.2, -0.15) is 5.26 Å². The third kappa shape index (κ3) is 13.2. The Hall–Kier alpha value is -9.58. The first-order valence-corrected chi connectivity index (χ1v) is 30.6. The fourth-order valence-corrected chi connectivity index (χ4v) is 12.1. The number of rotatable bonds is 24. The van der Waals surface area contributed by atoms with Crippen LogP contribution < -0.4 is 42.0 Å². The SMILES string of the molecule is [C-]#[N+]/C(c1cnc2cc(Cl)c(Cl)cc2n1)=c1\c2c(-c3cccc(OCCOCCOC)c3)n(B(c3ccccc3)c3ccccc3)/c(=C(/C#N)c3cnc4cc(Cl)ccc4n3)c2c(-c2cccc(OCCOCCOC)c2)n1B(c1ccccc1)c1ccccc1. The summed E-state index contributed by atoms with van der Waals surface area (Å²) >= 11 is 20.0. The van der Waals surface area contributed by atoms with E-state index in [4.69, 9.17) is 83.2 Å². The number of fused-ring (bicyclic) bond motifs is 3. The van der Waals surface area contributed by atoms with Gasteiger partial charge in [0.1, 0.15) is 42.0 Å². The molecular weight excluding hydrogens is 1200 g/mol. The summed E-state index contributed by atoms with van der Waals surface area (Å²) in [4.78, 5) is 25.0. The zero-order chi connectivity index (χ0) is 62.6. The van der Waals surface area contributed by atoms with E-state index >= 15 is 0 Å². The maximum absolute atomic E-state index is 12.5. The van der Waals surface area contributed by atoms with Gasteiger partial charge < -0.3 is 37.4 Å². The first-order chi connectivity index (χ1) is 44.8. The van der Waals surface area contributed by atoms with Gasteiger partial charge in [-0.05, 0) is 54.6 Å². The molecule has 14 nitrogen and oxygen atoms in total. The Balaban J connectivity index is 1.36. The van der Waals surface area contributed by atoms with E-state index in [-0.39, 0.29) is 40.9 Å². The Morgan fingerprint density at radius 3 is 1.41 bits per heavy atom. The highest BCUT2D eigenvalue weighted by atomic mass is 35.5. The lowest BCUT2D eigenvalue weighted by Crippen LogP contribution is -2.54. The Bertz CT molecular complexity index is 4670. The van der Waals surface area contributed by atoms with Crippen LogP contribution in [0.4, 0.5) is 0 Å². The molecule has 0 atom stereocenters. The fourth-order valence-electron chi connectivity index (χ4n) is 11.6. The molecule has 0 aliphatic carbocycles. The number of methoxy groups -OCH3 is 2. The lowest BCUT2D eigenvalue weighted by Gasteiger charge is -2.25. The predicted octanol–water partition coefficient (Wildman–Crippen LogP) is 10.8. The van der Waals surface area contributed by atoms with Gasteiger partial charge in [0.25, 0.3) is 0 Å². The van der Waals surface area contributed by atoms with Gasteiger partial charge in [0, 0.05) is 64.1 Å². The van der Waals surface area contributed by atoms with Crippen LogP contribution in [0.2, 0.25) is 15.1 Å². The van der Waals surface area contributed by atoms with Crippen molar-refractivity contribution in [2.24, 2.45) is 0 Å². The van der Waals surface area contributed by atoms with Crippen LogP contribution in [0.25, 0.3) is 71.5 Å². The minimum absolute atomic E-state index is 0.136. The summed E-state index contributed by atoms with van der Waals surface area (Å²) in [5, 5.41) is 15.7. The van der Waals surface area contributed by atoms with Gasteiger partial charge in [0.15, 0.2) is 0 Å². The maximum atomic E-state index is 12.5. The van der Waals surface area contributed by atoms with Crippen molar-refractivity contribution in [2.45, 2.75) is 0 Å². The minimum Gasteiger partial charge on any atom is -0.491 e. The van der Waals surface area contributed by atoms with Crippen LogP contribution in [-0.4, -0.2) is 110 Å². The molecule has 4 aromatic heterocycles. The van der Waals surface area contributed by atoms with E-state index in [1.54, 1.807) is 56.9 Å². The Morgan fingerprint density at radius 2 is 0.923 bits per heavy atom. The molecule has 0 amide bonds. The van der Waals surface area contributed by atoms with Crippen molar-refractivity contribution >= 4 is 114 Å². The lowest BCUT2D eigenvalue weighted by atomic mass is 9.50. The van der Waals surface area contributed by atoms with Gasteiger partial charge in [0.05, 0.1) is 95.6 Å². The molecule has 4 heterocycles. The molecule has 0 saturated heterocycles. The van der Waals surface area contributed by atoms with Crippen molar-refractivity contribution < 1.29 is 28.4 Å². The Morgan fingerprint density at radius 1 is 0.484 bits per heavy atom. The second-order valence-electron chi connectivity index (χ2n) is 21.1. The topological polar surface area (TPSA) is 145 Å². The second kappa shape index (κ2) is 28.9. The number of halogens is 3. The number of nitrogens with zero attached hydrogens (tertiary/aromatic N) is 8. The summed E-state index contributed by atoms with van der Waals surface area (Å²) in [6.07, 6.45) is 3.23. The minimum atomic E-state index is -0.686. The molecule has 12 rings (SSSR count). The van der Waals surface area contributed by atoms with Crippen molar-refractivity contribution in [1.29, 1.82) is 5.26 Å². The van der Waals surface area contributed by atoms with E-state index < -0.39 is 13.7 Å². The zero-order valence-electron chi connectivity index (χ0n) is 49.7. The monoisotopic (exact) mass is 1260 g/mol. The fraction of sp³-hybridized carbons (Fsp3) is 0.139. The summed E-state index contributed by atoms with van der Waals surface area (Å²) in [6, 6.07) is 67.9. The number of ether oxygens (including phenoxy) is 6. The smallest absolute Gasteiger partial charge is 0.328 e. The van der Waals surface area contributed by atoms with Crippen LogP contribution in [0.1, 0.15) is 11.4 Å². The molecular formula is C72H57B2Cl3N8O6. The third-order valence-corrected chi connectivity index (χ3v) is 16.4. The molecule has 0 aliphatic heterocycles. The number of hydrogen-bond donors (Lipinski definition) is 0. The van der Waals surface area contributed by atoms with Crippen molar-refractivity contribution in [1.82, 2.24) is 28.9 Å². The molecule has 19 heteroatoms. The van der Waals surface area contributed by atoms with Crippen LogP contribution in [0.5, 0.6) is 11.5 Å². The maximum Gasteiger partial charge on any atom is 0.328 e. The summed E-state index contributed by atoms with van der Waals surface area (Å²) in [6.45, 7) is 11.1. The molecule has 0 N–H and O–H groups in total. The van der Waals surface area contributed by atoms with Crippen molar-refractivity contribution in [3.8, 4) is 40.1 Å². The van der Waals surface area contributed by atoms with Crippen LogP contribution in [0.15, 0.2) is 213 Å². The van der Waals surface area contributed by atoms with Gasteiger partial charge in [-0.1, -0.05) is 202 Å². The summed E-state index contributed by atoms with van der Waals surface area (Å²) in [5.41, 5.74) is 8.98. The quantitative estimate of drug-likeness (QED) is 0.0324. The van der Waals surface area contributed by atoms with Crippen LogP contribution in [-0.2, 0) is 18.9 Å². The lowest BCUT2D eigenvalue weighted by molar-refractivity contribution is 0.0544. The van der Waals surface area contributed by atoms with Crippen LogP contribution >= 0.6 is 34.8 Å². The van der Waals surface area contributed by atoms with Gasteiger partial charge in [-0.3, -0.25) is 15.0 Å². The van der Waals surface area contributed by atoms with Crippen molar-refractivity contribution in [3.63, 3.8) is 0 Å². The molecule has 0 saturated carbocycles. The number of benzene rings is 8. The molecule has 12 aromatic rings. The predicted molar refractivity (Wildman–Crippen MR) is 364 cm³/mol. The van der Waals surface area contributed by atoms with Crippen LogP contribution in [0.3, 0.4) is 0 Å². The molecule has 0 fully saturated rings. The second-order valence-corrected chi connectivity index (χ2v) is 22.4. The Kier molecular flexibility index (Phi) is 19.6. The average Bonchev–Trinajstić information content (AvgIpc) is 1.53. The first kappa shape index (κ1) is 61.6. The highest BCUT2D eigenvalue weighted by Crippen LogP contribution is 2.39. The van der Waals surface area contributed by atoms with Crippen LogP contribution in [0, 0.1) is 17.9 Å². The van der Waals surface area contributed by atoms with E-state index in [0.717, 1.165) is 21.9 Å². The number of aromatic nitrogens is 6. The number of nitriles is 1. The van der Waals surface area contributed by atoms with E-state index in [1.807, 2.05) is 121 Å². The Labute approximate surface area is 542 Å². The van der Waals surface area contributed by atoms with Gasteiger partial charge in [0.2, 0.25) is 5.70 Å². The highest BCUT2D eigenvalue weighted by Gasteiger charge is 2.37. The van der Waals surface area contributed by atoms with Crippen molar-refractivity contribution in [2.75, 3.05) is 67.1 Å². The van der Waals surface area contributed by atoms with Crippen molar-refractivity contribution in [3.05, 3.63) is 261 Å². The molecule has 0 unspecified atom stereocenters. The van der Waals surface area contributed by atoms with E-state index in [0.29, 0.717) is 127 Å². The van der Waals surface area contributed by atoms with E-state index in [2.05, 4.69) is 68.4 Å². The molecule has 448 valence electrons. The molecule has 8 aromatic carbocycles. The third-order valence-electron chi connectivity index (χ3n) is 15.5. The largest absolute Gasteiger partial charge is 0.491 e. The molecule has 0 bridgehead atoms. The summed E-state index contributed by atoms with van der Waals surface area (Å²) in [7, 11) is 3.27. The van der Waals surface area contributed by atoms with Gasteiger partial charge >= 0.3 is 13.7 Å². The standard InChI is InChI=1S/C72H57B2Cl3N8O6/c1-79-68(65-47-81-62-43-58(76)59(77)44-63(62)83-65)72-67-66(69(48-18-16-28-55(40-48)90-38-36-88-34-32-86-2)85(72)74(52-24-12-6-13-25-52)53-26-14-7-15-27-53)71(57(45-78)64-46-80-61-42-54(75)30-31-60(61)82-64)84(73(50-20-8-4-9-21-50)51-22-10-5-11-23-51)70(67)49-19-17-29-56(41-49)91-39-37-89-35-33-87-3/h4-31,40-44,46-47H,32-39H2,2-3H3/b71-57-,72-68+. The van der Waals surface area contributed by atoms with E-state index in [1.165, 1.54) is 0 Å². The van der Waals surface area contributed by atoms with E-state index in [9.17, 15) is 11.8 Å². The number of hydrogen-bond acceptors (Lipinski definition) is 11. The van der Waals surface area contributed by atoms with Gasteiger partial charge in [-0.25, -0.2) is 9.83 Å².